The van der Waals surface area contributed by atoms with Gasteiger partial charge in [0.1, 0.15) is 0 Å². The number of nitrogens with one attached hydrogen (secondary N) is 1. The lowest BCUT2D eigenvalue weighted by atomic mass is 9.98. The fraction of sp³-hybridized carbons (Fsp3) is 0.692. The Kier molecular flexibility index (Phi) is 2.86. The average molecular weight is 248 g/mol. The van der Waals surface area contributed by atoms with E-state index in [1.807, 2.05) is 7.05 Å². The third kappa shape index (κ3) is 1.92. The van der Waals surface area contributed by atoms with E-state index in [1.54, 1.807) is 24.0 Å². The van der Waals surface area contributed by atoms with Crippen LogP contribution in [0.5, 0.6) is 0 Å². The standard InChI is InChI=1S/C13H20N4O/c1-16-6-5-14-12(13(16)18)17(2)11-7-9-3-4-10(8-11)15-9/h5-6,9-11,15H,3-4,7-8H2,1-2H3. The molecule has 3 rings (SSSR count). The molecule has 5 nitrogen and oxygen atoms in total. The first-order valence-corrected chi connectivity index (χ1v) is 6.65. The van der Waals surface area contributed by atoms with Crippen molar-refractivity contribution in [2.45, 2.75) is 43.8 Å². The van der Waals surface area contributed by atoms with Gasteiger partial charge in [0.25, 0.3) is 5.56 Å². The van der Waals surface area contributed by atoms with E-state index in [0.717, 1.165) is 12.8 Å². The van der Waals surface area contributed by atoms with Gasteiger partial charge in [-0.05, 0) is 25.7 Å². The van der Waals surface area contributed by atoms with Crippen molar-refractivity contribution in [2.75, 3.05) is 11.9 Å². The van der Waals surface area contributed by atoms with Crippen molar-refractivity contribution >= 4 is 5.82 Å². The zero-order valence-corrected chi connectivity index (χ0v) is 11.0. The summed E-state index contributed by atoms with van der Waals surface area (Å²) in [6, 6.07) is 1.69. The highest BCUT2D eigenvalue weighted by Crippen LogP contribution is 2.30. The van der Waals surface area contributed by atoms with Crippen LogP contribution in [-0.2, 0) is 7.05 Å². The lowest BCUT2D eigenvalue weighted by Gasteiger charge is -2.35. The topological polar surface area (TPSA) is 50.2 Å². The second-order valence-corrected chi connectivity index (χ2v) is 5.54. The second kappa shape index (κ2) is 4.39. The minimum atomic E-state index is -0.00844. The molecule has 3 heterocycles. The molecule has 1 aromatic heterocycles. The van der Waals surface area contributed by atoms with Gasteiger partial charge in [-0.3, -0.25) is 4.79 Å². The fourth-order valence-electron chi connectivity index (χ4n) is 3.24. The van der Waals surface area contributed by atoms with Gasteiger partial charge in [-0.25, -0.2) is 4.98 Å². The van der Waals surface area contributed by atoms with Crippen LogP contribution in [0.2, 0.25) is 0 Å². The van der Waals surface area contributed by atoms with Crippen LogP contribution in [0.15, 0.2) is 17.2 Å². The summed E-state index contributed by atoms with van der Waals surface area (Å²) >= 11 is 0. The van der Waals surface area contributed by atoms with Crippen LogP contribution in [0.3, 0.4) is 0 Å². The van der Waals surface area contributed by atoms with Gasteiger partial charge in [0.15, 0.2) is 5.82 Å². The van der Waals surface area contributed by atoms with E-state index in [0.29, 0.717) is 23.9 Å². The number of piperidine rings is 1. The number of anilines is 1. The second-order valence-electron chi connectivity index (χ2n) is 5.54. The van der Waals surface area contributed by atoms with Crippen LogP contribution >= 0.6 is 0 Å². The maximum Gasteiger partial charge on any atom is 0.293 e. The molecule has 0 spiro atoms. The summed E-state index contributed by atoms with van der Waals surface area (Å²) in [5.41, 5.74) is -0.00844. The number of aromatic nitrogens is 2. The van der Waals surface area contributed by atoms with Crippen molar-refractivity contribution in [1.82, 2.24) is 14.9 Å². The molecule has 0 amide bonds. The van der Waals surface area contributed by atoms with E-state index in [4.69, 9.17) is 0 Å². The average Bonchev–Trinajstić information content (AvgIpc) is 2.71. The predicted octanol–water partition coefficient (Wildman–Crippen LogP) is 0.499. The summed E-state index contributed by atoms with van der Waals surface area (Å²) in [6.07, 6.45) is 8.18. The Balaban J connectivity index is 1.84. The lowest BCUT2D eigenvalue weighted by Crippen LogP contribution is -2.48. The molecule has 5 heteroatoms. The van der Waals surface area contributed by atoms with Crippen molar-refractivity contribution in [3.8, 4) is 0 Å². The zero-order chi connectivity index (χ0) is 12.7. The van der Waals surface area contributed by atoms with E-state index in [9.17, 15) is 4.79 Å². The number of hydrogen-bond acceptors (Lipinski definition) is 4. The van der Waals surface area contributed by atoms with Crippen LogP contribution in [0.25, 0.3) is 0 Å². The van der Waals surface area contributed by atoms with Gasteiger partial charge in [0, 0.05) is 44.6 Å². The van der Waals surface area contributed by atoms with Crippen molar-refractivity contribution < 1.29 is 0 Å². The van der Waals surface area contributed by atoms with Crippen LogP contribution in [0.4, 0.5) is 5.82 Å². The largest absolute Gasteiger partial charge is 0.352 e. The Labute approximate surface area is 107 Å². The molecule has 18 heavy (non-hydrogen) atoms. The quantitative estimate of drug-likeness (QED) is 0.828. The van der Waals surface area contributed by atoms with Crippen LogP contribution in [0.1, 0.15) is 25.7 Å². The summed E-state index contributed by atoms with van der Waals surface area (Å²) < 4.78 is 1.59. The first kappa shape index (κ1) is 11.7. The number of nitrogens with zero attached hydrogens (tertiary/aromatic N) is 3. The molecular weight excluding hydrogens is 228 g/mol. The Hall–Kier alpha value is -1.36. The third-order valence-corrected chi connectivity index (χ3v) is 4.33. The molecule has 1 aromatic rings. The minimum Gasteiger partial charge on any atom is -0.352 e. The Bertz CT molecular complexity index is 486. The van der Waals surface area contributed by atoms with Gasteiger partial charge < -0.3 is 14.8 Å². The highest BCUT2D eigenvalue weighted by Gasteiger charge is 2.35. The fourth-order valence-corrected chi connectivity index (χ4v) is 3.24. The van der Waals surface area contributed by atoms with E-state index in [1.165, 1.54) is 12.8 Å². The van der Waals surface area contributed by atoms with Gasteiger partial charge in [-0.1, -0.05) is 0 Å². The molecular formula is C13H20N4O. The molecule has 0 saturated carbocycles. The van der Waals surface area contributed by atoms with E-state index in [-0.39, 0.29) is 5.56 Å². The van der Waals surface area contributed by atoms with Crippen LogP contribution in [-0.4, -0.2) is 34.7 Å². The summed E-state index contributed by atoms with van der Waals surface area (Å²) in [5, 5.41) is 3.62. The predicted molar refractivity (Wildman–Crippen MR) is 70.8 cm³/mol. The smallest absolute Gasteiger partial charge is 0.293 e. The summed E-state index contributed by atoms with van der Waals surface area (Å²) in [6.45, 7) is 0. The van der Waals surface area contributed by atoms with Gasteiger partial charge >= 0.3 is 0 Å². The molecule has 2 bridgehead atoms. The van der Waals surface area contributed by atoms with Gasteiger partial charge in [0.05, 0.1) is 0 Å². The zero-order valence-electron chi connectivity index (χ0n) is 11.0. The molecule has 2 aliphatic rings. The van der Waals surface area contributed by atoms with Crippen molar-refractivity contribution in [3.05, 3.63) is 22.7 Å². The lowest BCUT2D eigenvalue weighted by molar-refractivity contribution is 0.353. The Morgan fingerprint density at radius 2 is 2.06 bits per heavy atom. The first-order valence-electron chi connectivity index (χ1n) is 6.65. The van der Waals surface area contributed by atoms with Crippen molar-refractivity contribution in [3.63, 3.8) is 0 Å². The maximum absolute atomic E-state index is 12.1. The maximum atomic E-state index is 12.1. The number of fused-ring (bicyclic) bond motifs is 2. The minimum absolute atomic E-state index is 0.00844. The number of rotatable bonds is 2. The van der Waals surface area contributed by atoms with E-state index >= 15 is 0 Å². The molecule has 0 radical (unpaired) electrons. The van der Waals surface area contributed by atoms with E-state index < -0.39 is 0 Å². The monoisotopic (exact) mass is 248 g/mol. The van der Waals surface area contributed by atoms with Gasteiger partial charge in [-0.15, -0.1) is 0 Å². The SMILES string of the molecule is CN(c1nccn(C)c1=O)C1CC2CCC(C1)N2. The highest BCUT2D eigenvalue weighted by atomic mass is 16.1. The van der Waals surface area contributed by atoms with Crippen LogP contribution in [0, 0.1) is 0 Å². The van der Waals surface area contributed by atoms with Crippen molar-refractivity contribution in [2.24, 2.45) is 7.05 Å². The van der Waals surface area contributed by atoms with E-state index in [2.05, 4.69) is 15.2 Å². The number of aryl methyl sites for hydroxylation is 1. The molecule has 98 valence electrons. The first-order chi connectivity index (χ1) is 8.65. The Morgan fingerprint density at radius 3 is 2.72 bits per heavy atom. The number of hydrogen-bond donors (Lipinski definition) is 1. The van der Waals surface area contributed by atoms with Gasteiger partial charge in [-0.2, -0.15) is 0 Å². The highest BCUT2D eigenvalue weighted by molar-refractivity contribution is 5.36. The molecule has 2 saturated heterocycles. The summed E-state index contributed by atoms with van der Waals surface area (Å²) in [5.74, 6) is 0.575. The van der Waals surface area contributed by atoms with Gasteiger partial charge in [0.2, 0.25) is 0 Å². The summed E-state index contributed by atoms with van der Waals surface area (Å²) in [4.78, 5) is 18.4. The summed E-state index contributed by atoms with van der Waals surface area (Å²) in [7, 11) is 3.77. The molecule has 1 N–H and O–H groups in total. The molecule has 2 aliphatic heterocycles. The third-order valence-electron chi connectivity index (χ3n) is 4.33. The molecule has 2 unspecified atom stereocenters. The normalized spacial score (nSPS) is 30.4. The van der Waals surface area contributed by atoms with Crippen LogP contribution < -0.4 is 15.8 Å². The molecule has 2 atom stereocenters. The van der Waals surface area contributed by atoms with Crippen molar-refractivity contribution in [1.29, 1.82) is 0 Å². The Morgan fingerprint density at radius 1 is 1.39 bits per heavy atom. The molecule has 2 fully saturated rings. The molecule has 0 aliphatic carbocycles. The molecule has 0 aromatic carbocycles.